The van der Waals surface area contributed by atoms with Gasteiger partial charge in [-0.25, -0.2) is 0 Å². The lowest BCUT2D eigenvalue weighted by atomic mass is 9.84. The maximum absolute atomic E-state index is 13.1. The van der Waals surface area contributed by atoms with Crippen molar-refractivity contribution in [2.75, 3.05) is 20.1 Å². The minimum absolute atomic E-state index is 0.0552. The zero-order valence-corrected chi connectivity index (χ0v) is 19.8. The van der Waals surface area contributed by atoms with Crippen LogP contribution >= 0.6 is 11.3 Å². The Labute approximate surface area is 200 Å². The van der Waals surface area contributed by atoms with Crippen LogP contribution in [0.5, 0.6) is 0 Å². The molecule has 33 heavy (non-hydrogen) atoms. The van der Waals surface area contributed by atoms with E-state index in [1.165, 1.54) is 5.56 Å². The second-order valence-corrected chi connectivity index (χ2v) is 9.37. The minimum Gasteiger partial charge on any atom is -0.339 e. The fourth-order valence-electron chi connectivity index (χ4n) is 4.56. The molecule has 4 nitrogen and oxygen atoms in total. The molecule has 0 aliphatic carbocycles. The summed E-state index contributed by atoms with van der Waals surface area (Å²) in [4.78, 5) is 29.7. The van der Waals surface area contributed by atoms with Crippen LogP contribution in [0, 0.1) is 5.92 Å². The molecule has 2 heterocycles. The molecule has 1 atom stereocenters. The Morgan fingerprint density at radius 3 is 2.33 bits per heavy atom. The van der Waals surface area contributed by atoms with E-state index in [-0.39, 0.29) is 17.9 Å². The van der Waals surface area contributed by atoms with E-state index in [4.69, 9.17) is 0 Å². The number of amides is 2. The van der Waals surface area contributed by atoms with Crippen molar-refractivity contribution in [3.8, 4) is 0 Å². The number of piperidine rings is 1. The van der Waals surface area contributed by atoms with Crippen LogP contribution in [0.1, 0.15) is 34.3 Å². The van der Waals surface area contributed by atoms with Crippen molar-refractivity contribution in [1.82, 2.24) is 9.80 Å². The second kappa shape index (κ2) is 11.1. The van der Waals surface area contributed by atoms with Crippen LogP contribution in [0.4, 0.5) is 0 Å². The van der Waals surface area contributed by atoms with Gasteiger partial charge in [0.15, 0.2) is 0 Å². The average Bonchev–Trinajstić information content (AvgIpc) is 3.41. The summed E-state index contributed by atoms with van der Waals surface area (Å²) in [7, 11) is 1.92. The van der Waals surface area contributed by atoms with E-state index < -0.39 is 0 Å². The first-order chi connectivity index (χ1) is 16.1. The van der Waals surface area contributed by atoms with Gasteiger partial charge in [-0.2, -0.15) is 11.3 Å². The first-order valence-corrected chi connectivity index (χ1v) is 12.4. The van der Waals surface area contributed by atoms with Crippen LogP contribution < -0.4 is 0 Å². The fraction of sp³-hybridized carbons (Fsp3) is 0.286. The molecule has 0 radical (unpaired) electrons. The number of thiophene rings is 1. The zero-order valence-electron chi connectivity index (χ0n) is 19.0. The van der Waals surface area contributed by atoms with E-state index in [1.807, 2.05) is 88.3 Å². The molecule has 1 aliphatic heterocycles. The largest absolute Gasteiger partial charge is 0.339 e. The molecular weight excluding hydrogens is 428 g/mol. The van der Waals surface area contributed by atoms with Crippen LogP contribution in [0.25, 0.3) is 6.08 Å². The van der Waals surface area contributed by atoms with Crippen LogP contribution in [0.15, 0.2) is 83.6 Å². The highest BCUT2D eigenvalue weighted by Gasteiger charge is 2.32. The molecule has 5 heteroatoms. The summed E-state index contributed by atoms with van der Waals surface area (Å²) in [5.74, 6) is 0.473. The van der Waals surface area contributed by atoms with Crippen molar-refractivity contribution in [3.05, 3.63) is 100 Å². The van der Waals surface area contributed by atoms with E-state index in [0.29, 0.717) is 19.0 Å². The van der Waals surface area contributed by atoms with Crippen LogP contribution in [0.3, 0.4) is 0 Å². The number of benzene rings is 2. The third-order valence-corrected chi connectivity index (χ3v) is 7.17. The molecule has 1 unspecified atom stereocenters. The summed E-state index contributed by atoms with van der Waals surface area (Å²) in [5.41, 5.74) is 3.01. The van der Waals surface area contributed by atoms with Crippen molar-refractivity contribution < 1.29 is 9.59 Å². The topological polar surface area (TPSA) is 40.6 Å². The standard InChI is InChI=1S/C28H30N2O2S/c1-29(28(32)25-16-19-33-21-25)26(20-23-10-6-3-7-11-23)24-14-17-30(18-15-24)27(31)13-12-22-8-4-2-5-9-22/h2-13,16,19,21,24,26H,14-15,17-18,20H2,1H3. The molecular formula is C28H30N2O2S. The van der Waals surface area contributed by atoms with Gasteiger partial charge in [-0.15, -0.1) is 0 Å². The molecule has 1 saturated heterocycles. The molecule has 0 bridgehead atoms. The quantitative estimate of drug-likeness (QED) is 0.446. The number of carbonyl (C=O) groups excluding carboxylic acids is 2. The fourth-order valence-corrected chi connectivity index (χ4v) is 5.19. The second-order valence-electron chi connectivity index (χ2n) is 8.59. The summed E-state index contributed by atoms with van der Waals surface area (Å²) < 4.78 is 0. The maximum Gasteiger partial charge on any atom is 0.254 e. The lowest BCUT2D eigenvalue weighted by Gasteiger charge is -2.40. The Morgan fingerprint density at radius 1 is 1.03 bits per heavy atom. The Hall–Kier alpha value is -3.18. The average molecular weight is 459 g/mol. The van der Waals surface area contributed by atoms with Gasteiger partial charge < -0.3 is 9.80 Å². The molecule has 4 rings (SSSR count). The Bertz CT molecular complexity index is 1060. The summed E-state index contributed by atoms with van der Waals surface area (Å²) in [6, 6.07) is 22.2. The van der Waals surface area contributed by atoms with Gasteiger partial charge in [0, 0.05) is 37.6 Å². The first kappa shape index (κ1) is 23.0. The molecule has 0 spiro atoms. The summed E-state index contributed by atoms with van der Waals surface area (Å²) in [6.45, 7) is 1.43. The van der Waals surface area contributed by atoms with E-state index in [2.05, 4.69) is 12.1 Å². The van der Waals surface area contributed by atoms with Gasteiger partial charge in [0.25, 0.3) is 5.91 Å². The lowest BCUT2D eigenvalue weighted by molar-refractivity contribution is -0.127. The molecule has 3 aromatic rings. The smallest absolute Gasteiger partial charge is 0.254 e. The van der Waals surface area contributed by atoms with Gasteiger partial charge in [0.2, 0.25) is 5.91 Å². The minimum atomic E-state index is 0.0552. The monoisotopic (exact) mass is 458 g/mol. The summed E-state index contributed by atoms with van der Waals surface area (Å²) >= 11 is 1.54. The Morgan fingerprint density at radius 2 is 1.70 bits per heavy atom. The first-order valence-electron chi connectivity index (χ1n) is 11.5. The number of carbonyl (C=O) groups is 2. The lowest BCUT2D eigenvalue weighted by Crippen LogP contribution is -2.48. The van der Waals surface area contributed by atoms with Gasteiger partial charge in [-0.05, 0) is 53.8 Å². The summed E-state index contributed by atoms with van der Waals surface area (Å²) in [6.07, 6.45) is 6.15. The van der Waals surface area contributed by atoms with Gasteiger partial charge in [0.1, 0.15) is 0 Å². The molecule has 0 N–H and O–H groups in total. The van der Waals surface area contributed by atoms with Gasteiger partial charge >= 0.3 is 0 Å². The van der Waals surface area contributed by atoms with Crippen LogP contribution in [-0.2, 0) is 11.2 Å². The van der Waals surface area contributed by atoms with E-state index in [0.717, 1.165) is 30.4 Å². The predicted molar refractivity (Wildman–Crippen MR) is 135 cm³/mol. The Kier molecular flexibility index (Phi) is 7.74. The number of hydrogen-bond acceptors (Lipinski definition) is 3. The Balaban J connectivity index is 1.43. The van der Waals surface area contributed by atoms with Gasteiger partial charge in [0.05, 0.1) is 5.56 Å². The third kappa shape index (κ3) is 5.99. The number of rotatable bonds is 7. The highest BCUT2D eigenvalue weighted by molar-refractivity contribution is 7.08. The van der Waals surface area contributed by atoms with E-state index in [1.54, 1.807) is 17.4 Å². The number of nitrogens with zero attached hydrogens (tertiary/aromatic N) is 2. The molecule has 2 amide bonds. The van der Waals surface area contributed by atoms with Gasteiger partial charge in [-0.1, -0.05) is 60.7 Å². The number of likely N-dealkylation sites (N-methyl/N-ethyl adjacent to an activating group) is 1. The van der Waals surface area contributed by atoms with Gasteiger partial charge in [-0.3, -0.25) is 9.59 Å². The number of likely N-dealkylation sites (tertiary alicyclic amines) is 1. The van der Waals surface area contributed by atoms with Crippen molar-refractivity contribution in [2.24, 2.45) is 5.92 Å². The zero-order chi connectivity index (χ0) is 23.0. The molecule has 2 aromatic carbocycles. The molecule has 170 valence electrons. The normalized spacial score (nSPS) is 15.5. The van der Waals surface area contributed by atoms with E-state index in [9.17, 15) is 9.59 Å². The maximum atomic E-state index is 13.1. The SMILES string of the molecule is CN(C(=O)c1ccsc1)C(Cc1ccccc1)C1CCN(C(=O)C=Cc2ccccc2)CC1. The third-order valence-electron chi connectivity index (χ3n) is 6.49. The molecule has 1 fully saturated rings. The van der Waals surface area contributed by atoms with Crippen molar-refractivity contribution in [1.29, 1.82) is 0 Å². The molecule has 1 aromatic heterocycles. The van der Waals surface area contributed by atoms with Crippen LogP contribution in [-0.4, -0.2) is 47.8 Å². The molecule has 0 saturated carbocycles. The van der Waals surface area contributed by atoms with E-state index >= 15 is 0 Å². The van der Waals surface area contributed by atoms with Crippen molar-refractivity contribution in [2.45, 2.75) is 25.3 Å². The van der Waals surface area contributed by atoms with Crippen molar-refractivity contribution >= 4 is 29.2 Å². The van der Waals surface area contributed by atoms with Crippen LogP contribution in [0.2, 0.25) is 0 Å². The van der Waals surface area contributed by atoms with Crippen molar-refractivity contribution in [3.63, 3.8) is 0 Å². The highest BCUT2D eigenvalue weighted by atomic mass is 32.1. The predicted octanol–water partition coefficient (Wildman–Crippen LogP) is 5.38. The highest BCUT2D eigenvalue weighted by Crippen LogP contribution is 2.28. The molecule has 1 aliphatic rings. The number of hydrogen-bond donors (Lipinski definition) is 0. The summed E-state index contributed by atoms with van der Waals surface area (Å²) in [5, 5.41) is 3.86.